The highest BCUT2D eigenvalue weighted by Crippen LogP contribution is 2.58. The summed E-state index contributed by atoms with van der Waals surface area (Å²) in [6.07, 6.45) is 2.57. The molecule has 2 atom stereocenters. The van der Waals surface area contributed by atoms with Crippen LogP contribution >= 0.6 is 0 Å². The van der Waals surface area contributed by atoms with Gasteiger partial charge in [-0.05, 0) is 24.7 Å². The molecule has 1 spiro atoms. The van der Waals surface area contributed by atoms with Gasteiger partial charge in [-0.15, -0.1) is 0 Å². The number of hydroxylamine groups is 2. The number of hydrogen-bond acceptors (Lipinski definition) is 3. The Bertz CT molecular complexity index is 366. The molecule has 16 heavy (non-hydrogen) atoms. The van der Waals surface area contributed by atoms with Crippen LogP contribution in [0.5, 0.6) is 0 Å². The predicted octanol–water partition coefficient (Wildman–Crippen LogP) is 0.291. The van der Waals surface area contributed by atoms with Crippen LogP contribution in [-0.2, 0) is 9.63 Å². The average molecular weight is 226 g/mol. The third-order valence-corrected chi connectivity index (χ3v) is 4.14. The number of carboxylic acids is 1. The Hall–Kier alpha value is -1.30. The quantitative estimate of drug-likeness (QED) is 0.734. The first kappa shape index (κ1) is 9.89. The lowest BCUT2D eigenvalue weighted by Gasteiger charge is -2.34. The minimum atomic E-state index is -0.906. The van der Waals surface area contributed by atoms with E-state index in [1.807, 2.05) is 0 Å². The molecule has 0 aromatic carbocycles. The van der Waals surface area contributed by atoms with Crippen LogP contribution in [0.4, 0.5) is 4.79 Å². The smallest absolute Gasteiger partial charge is 0.345 e. The van der Waals surface area contributed by atoms with E-state index in [9.17, 15) is 9.59 Å². The number of hydrogen-bond donors (Lipinski definition) is 1. The summed E-state index contributed by atoms with van der Waals surface area (Å²) in [5.74, 6) is -0.906. The van der Waals surface area contributed by atoms with Crippen molar-refractivity contribution in [3.05, 3.63) is 0 Å². The van der Waals surface area contributed by atoms with E-state index >= 15 is 0 Å². The molecule has 2 amide bonds. The second-order valence-electron chi connectivity index (χ2n) is 4.88. The van der Waals surface area contributed by atoms with E-state index < -0.39 is 12.0 Å². The van der Waals surface area contributed by atoms with Gasteiger partial charge in [-0.3, -0.25) is 4.84 Å². The van der Waals surface area contributed by atoms with Crippen LogP contribution in [0.1, 0.15) is 19.3 Å². The van der Waals surface area contributed by atoms with Crippen LogP contribution in [-0.4, -0.2) is 52.8 Å². The van der Waals surface area contributed by atoms with Gasteiger partial charge in [0.2, 0.25) is 0 Å². The van der Waals surface area contributed by atoms with E-state index in [1.54, 1.807) is 0 Å². The van der Waals surface area contributed by atoms with Gasteiger partial charge in [0.05, 0.1) is 13.2 Å². The van der Waals surface area contributed by atoms with Crippen molar-refractivity contribution in [1.29, 1.82) is 0 Å². The van der Waals surface area contributed by atoms with Crippen LogP contribution in [0.3, 0.4) is 0 Å². The van der Waals surface area contributed by atoms with E-state index in [0.717, 1.165) is 12.8 Å². The van der Waals surface area contributed by atoms with Gasteiger partial charge < -0.3 is 10.0 Å². The molecule has 88 valence electrons. The van der Waals surface area contributed by atoms with Gasteiger partial charge in [0.1, 0.15) is 6.04 Å². The number of piperidine rings is 1. The highest BCUT2D eigenvalue weighted by Gasteiger charge is 2.64. The Kier molecular flexibility index (Phi) is 1.78. The molecular weight excluding hydrogens is 212 g/mol. The molecule has 2 bridgehead atoms. The summed E-state index contributed by atoms with van der Waals surface area (Å²) in [6.45, 7) is 0.490. The van der Waals surface area contributed by atoms with Gasteiger partial charge in [0, 0.05) is 6.54 Å². The Morgan fingerprint density at radius 3 is 2.75 bits per heavy atom. The molecular formula is C10H14N2O4. The van der Waals surface area contributed by atoms with Gasteiger partial charge in [-0.1, -0.05) is 0 Å². The SMILES string of the molecule is CON1C(=O)N2CC1C1(CC1)CC2C(=O)O. The second kappa shape index (κ2) is 2.88. The zero-order valence-corrected chi connectivity index (χ0v) is 9.05. The van der Waals surface area contributed by atoms with Crippen LogP contribution in [0.2, 0.25) is 0 Å². The number of fused-ring (bicyclic) bond motifs is 3. The molecule has 0 aromatic rings. The number of amides is 2. The number of urea groups is 1. The molecule has 6 nitrogen and oxygen atoms in total. The first-order chi connectivity index (χ1) is 7.59. The zero-order chi connectivity index (χ0) is 11.5. The van der Waals surface area contributed by atoms with Crippen molar-refractivity contribution in [3.63, 3.8) is 0 Å². The van der Waals surface area contributed by atoms with Crippen molar-refractivity contribution in [3.8, 4) is 0 Å². The van der Waals surface area contributed by atoms with E-state index in [1.165, 1.54) is 17.1 Å². The lowest BCUT2D eigenvalue weighted by Crippen LogP contribution is -2.49. The fourth-order valence-electron chi connectivity index (χ4n) is 3.06. The fraction of sp³-hybridized carbons (Fsp3) is 0.800. The van der Waals surface area contributed by atoms with Gasteiger partial charge in [0.15, 0.2) is 0 Å². The molecule has 0 aromatic heterocycles. The Morgan fingerprint density at radius 1 is 1.56 bits per heavy atom. The minimum Gasteiger partial charge on any atom is -0.480 e. The topological polar surface area (TPSA) is 70.1 Å². The average Bonchev–Trinajstić information content (AvgIpc) is 2.95. The number of rotatable bonds is 2. The number of carboxylic acid groups (broad SMARTS) is 1. The molecule has 1 N–H and O–H groups in total. The number of carbonyl (C=O) groups excluding carboxylic acids is 1. The molecule has 0 radical (unpaired) electrons. The maximum atomic E-state index is 11.9. The van der Waals surface area contributed by atoms with Crippen LogP contribution < -0.4 is 0 Å². The fourth-order valence-corrected chi connectivity index (χ4v) is 3.06. The van der Waals surface area contributed by atoms with E-state index in [4.69, 9.17) is 9.94 Å². The van der Waals surface area contributed by atoms with Crippen molar-refractivity contribution in [2.75, 3.05) is 13.7 Å². The standard InChI is InChI=1S/C10H14N2O4/c1-16-12-7-5-11(9(12)15)6(8(13)14)4-10(7)2-3-10/h6-7H,2-5H2,1H3,(H,13,14). The summed E-state index contributed by atoms with van der Waals surface area (Å²) in [6, 6.07) is -0.935. The minimum absolute atomic E-state index is 0.00171. The summed E-state index contributed by atoms with van der Waals surface area (Å²) in [4.78, 5) is 29.6. The summed E-state index contributed by atoms with van der Waals surface area (Å²) in [5, 5.41) is 10.5. The van der Waals surface area contributed by atoms with Crippen molar-refractivity contribution in [1.82, 2.24) is 9.96 Å². The summed E-state index contributed by atoms with van der Waals surface area (Å²) >= 11 is 0. The largest absolute Gasteiger partial charge is 0.480 e. The van der Waals surface area contributed by atoms with Gasteiger partial charge >= 0.3 is 12.0 Å². The van der Waals surface area contributed by atoms with E-state index in [0.29, 0.717) is 13.0 Å². The highest BCUT2D eigenvalue weighted by atomic mass is 16.7. The summed E-state index contributed by atoms with van der Waals surface area (Å²) < 4.78 is 0. The van der Waals surface area contributed by atoms with Crippen molar-refractivity contribution in [2.45, 2.75) is 31.3 Å². The molecule has 2 saturated heterocycles. The van der Waals surface area contributed by atoms with Gasteiger partial charge in [-0.2, -0.15) is 5.06 Å². The lowest BCUT2D eigenvalue weighted by atomic mass is 9.85. The van der Waals surface area contributed by atoms with Crippen molar-refractivity contribution in [2.24, 2.45) is 5.41 Å². The van der Waals surface area contributed by atoms with E-state index in [2.05, 4.69) is 0 Å². The number of aliphatic carboxylic acids is 1. The zero-order valence-electron chi connectivity index (χ0n) is 9.05. The van der Waals surface area contributed by atoms with Gasteiger partial charge in [-0.25, -0.2) is 9.59 Å². The predicted molar refractivity (Wildman–Crippen MR) is 52.4 cm³/mol. The molecule has 3 rings (SSSR count). The molecule has 3 aliphatic rings. The molecule has 3 fully saturated rings. The number of carbonyl (C=O) groups is 2. The van der Waals surface area contributed by atoms with Crippen LogP contribution in [0.25, 0.3) is 0 Å². The Balaban J connectivity index is 1.96. The molecule has 2 unspecified atom stereocenters. The Morgan fingerprint density at radius 2 is 2.25 bits per heavy atom. The van der Waals surface area contributed by atoms with Crippen LogP contribution in [0, 0.1) is 5.41 Å². The summed E-state index contributed by atoms with van der Waals surface area (Å²) in [5.41, 5.74) is 0.00171. The summed E-state index contributed by atoms with van der Waals surface area (Å²) in [7, 11) is 1.46. The molecule has 2 aliphatic heterocycles. The van der Waals surface area contributed by atoms with Gasteiger partial charge in [0.25, 0.3) is 0 Å². The molecule has 6 heteroatoms. The van der Waals surface area contributed by atoms with Crippen molar-refractivity contribution < 1.29 is 19.5 Å². The maximum Gasteiger partial charge on any atom is 0.345 e. The lowest BCUT2D eigenvalue weighted by molar-refractivity contribution is -0.144. The highest BCUT2D eigenvalue weighted by molar-refractivity contribution is 5.85. The molecule has 1 saturated carbocycles. The first-order valence-electron chi connectivity index (χ1n) is 5.46. The number of nitrogens with zero attached hydrogens (tertiary/aromatic N) is 2. The first-order valence-corrected chi connectivity index (χ1v) is 5.46. The van der Waals surface area contributed by atoms with E-state index in [-0.39, 0.29) is 17.5 Å². The monoisotopic (exact) mass is 226 g/mol. The third-order valence-electron chi connectivity index (χ3n) is 4.14. The molecule has 2 heterocycles. The normalized spacial score (nSPS) is 34.7. The molecule has 1 aliphatic carbocycles. The van der Waals surface area contributed by atoms with Crippen molar-refractivity contribution >= 4 is 12.0 Å². The van der Waals surface area contributed by atoms with Crippen LogP contribution in [0.15, 0.2) is 0 Å². The maximum absolute atomic E-state index is 11.9. The second-order valence-corrected chi connectivity index (χ2v) is 4.88. The Labute approximate surface area is 92.7 Å². The third kappa shape index (κ3) is 1.05.